The molecule has 0 saturated carbocycles. The molecule has 33 heavy (non-hydrogen) atoms. The van der Waals surface area contributed by atoms with E-state index < -0.39 is 15.9 Å². The molecule has 0 aliphatic heterocycles. The van der Waals surface area contributed by atoms with Gasteiger partial charge in [-0.15, -0.1) is 0 Å². The Morgan fingerprint density at radius 1 is 1.03 bits per heavy atom. The Labute approximate surface area is 201 Å². The number of thiazole rings is 1. The Morgan fingerprint density at radius 2 is 1.70 bits per heavy atom. The standard InChI is InChI=1S/C24H22ClN3O3S2/c1-15(2)17-6-13-21-22(14-17)32-24(28(21)3)26-23(29)16-4-9-19(10-5-16)27-33(30,31)20-11-7-18(25)8-12-20/h4-15,27H,1-3H3. The molecule has 3 aromatic carbocycles. The van der Waals surface area contributed by atoms with Crippen molar-refractivity contribution in [1.82, 2.24) is 4.57 Å². The fraction of sp³-hybridized carbons (Fsp3) is 0.167. The van der Waals surface area contributed by atoms with Gasteiger partial charge in [-0.25, -0.2) is 8.42 Å². The fourth-order valence-corrected chi connectivity index (χ4v) is 5.53. The molecule has 0 unspecified atom stereocenters. The van der Waals surface area contributed by atoms with Crippen LogP contribution >= 0.6 is 22.9 Å². The number of aromatic nitrogens is 1. The normalized spacial score (nSPS) is 12.5. The lowest BCUT2D eigenvalue weighted by atomic mass is 10.0. The highest BCUT2D eigenvalue weighted by atomic mass is 35.5. The van der Waals surface area contributed by atoms with Crippen LogP contribution in [0.25, 0.3) is 10.2 Å². The van der Waals surface area contributed by atoms with E-state index in [0.29, 0.717) is 27.0 Å². The van der Waals surface area contributed by atoms with Crippen LogP contribution < -0.4 is 9.52 Å². The second kappa shape index (κ2) is 9.13. The number of amides is 1. The Balaban J connectivity index is 1.57. The average molecular weight is 500 g/mol. The van der Waals surface area contributed by atoms with Crippen molar-refractivity contribution in [2.45, 2.75) is 24.7 Å². The molecule has 0 aliphatic rings. The van der Waals surface area contributed by atoms with Crippen LogP contribution in [0.3, 0.4) is 0 Å². The maximum atomic E-state index is 12.7. The molecule has 0 radical (unpaired) electrons. The van der Waals surface area contributed by atoms with Crippen molar-refractivity contribution in [3.05, 3.63) is 87.7 Å². The van der Waals surface area contributed by atoms with Crippen LogP contribution in [-0.4, -0.2) is 18.9 Å². The Hall–Kier alpha value is -2.94. The molecule has 0 bridgehead atoms. The molecule has 0 fully saturated rings. The van der Waals surface area contributed by atoms with E-state index in [1.807, 2.05) is 17.7 Å². The number of carbonyl (C=O) groups excluding carboxylic acids is 1. The van der Waals surface area contributed by atoms with E-state index in [0.717, 1.165) is 10.2 Å². The lowest BCUT2D eigenvalue weighted by Crippen LogP contribution is -2.14. The summed E-state index contributed by atoms with van der Waals surface area (Å²) in [6, 6.07) is 18.3. The Morgan fingerprint density at radius 3 is 2.33 bits per heavy atom. The van der Waals surface area contributed by atoms with E-state index in [1.54, 1.807) is 12.1 Å². The van der Waals surface area contributed by atoms with Gasteiger partial charge in [0.25, 0.3) is 15.9 Å². The largest absolute Gasteiger partial charge is 0.319 e. The Kier molecular flexibility index (Phi) is 6.43. The van der Waals surface area contributed by atoms with Gasteiger partial charge in [-0.1, -0.05) is 42.9 Å². The second-order valence-corrected chi connectivity index (χ2v) is 11.0. The summed E-state index contributed by atoms with van der Waals surface area (Å²) in [6.45, 7) is 4.28. The molecule has 0 saturated heterocycles. The van der Waals surface area contributed by atoms with Crippen molar-refractivity contribution >= 4 is 54.8 Å². The summed E-state index contributed by atoms with van der Waals surface area (Å²) in [5.41, 5.74) is 2.96. The van der Waals surface area contributed by atoms with Gasteiger partial charge in [0, 0.05) is 23.3 Å². The van der Waals surface area contributed by atoms with Gasteiger partial charge in [-0.2, -0.15) is 4.99 Å². The summed E-state index contributed by atoms with van der Waals surface area (Å²) in [6.07, 6.45) is 0. The van der Waals surface area contributed by atoms with Gasteiger partial charge < -0.3 is 4.57 Å². The highest BCUT2D eigenvalue weighted by Gasteiger charge is 2.15. The third kappa shape index (κ3) is 5.03. The molecule has 1 aromatic heterocycles. The first-order chi connectivity index (χ1) is 15.6. The first-order valence-corrected chi connectivity index (χ1v) is 12.9. The van der Waals surface area contributed by atoms with Crippen LogP contribution in [-0.2, 0) is 17.1 Å². The molecule has 0 atom stereocenters. The number of anilines is 1. The van der Waals surface area contributed by atoms with E-state index >= 15 is 0 Å². The highest BCUT2D eigenvalue weighted by Crippen LogP contribution is 2.23. The summed E-state index contributed by atoms with van der Waals surface area (Å²) in [7, 11) is -1.88. The first-order valence-electron chi connectivity index (χ1n) is 10.2. The number of nitrogens with zero attached hydrogens (tertiary/aromatic N) is 2. The molecule has 170 valence electrons. The maximum Gasteiger partial charge on any atom is 0.279 e. The summed E-state index contributed by atoms with van der Waals surface area (Å²) >= 11 is 7.28. The van der Waals surface area contributed by atoms with Crippen LogP contribution in [0.5, 0.6) is 0 Å². The van der Waals surface area contributed by atoms with Crippen LogP contribution in [0.15, 0.2) is 76.6 Å². The van der Waals surface area contributed by atoms with Gasteiger partial charge >= 0.3 is 0 Å². The topological polar surface area (TPSA) is 80.5 Å². The molecular formula is C24H22ClN3O3S2. The van der Waals surface area contributed by atoms with Gasteiger partial charge in [-0.05, 0) is 72.1 Å². The van der Waals surface area contributed by atoms with Crippen LogP contribution in [0, 0.1) is 0 Å². The average Bonchev–Trinajstić information content (AvgIpc) is 3.08. The monoisotopic (exact) mass is 499 g/mol. The minimum absolute atomic E-state index is 0.0972. The highest BCUT2D eigenvalue weighted by molar-refractivity contribution is 7.92. The molecule has 6 nitrogen and oxygen atoms in total. The van der Waals surface area contributed by atoms with Gasteiger partial charge in [0.1, 0.15) is 0 Å². The second-order valence-electron chi connectivity index (χ2n) is 7.88. The van der Waals surface area contributed by atoms with Crippen molar-refractivity contribution in [1.29, 1.82) is 0 Å². The lowest BCUT2D eigenvalue weighted by Gasteiger charge is -2.08. The third-order valence-electron chi connectivity index (χ3n) is 5.21. The minimum Gasteiger partial charge on any atom is -0.319 e. The number of rotatable bonds is 5. The van der Waals surface area contributed by atoms with Gasteiger partial charge in [0.05, 0.1) is 15.1 Å². The SMILES string of the molecule is CC(C)c1ccc2c(c1)sc(=NC(=O)c1ccc(NS(=O)(=O)c3ccc(Cl)cc3)cc1)n2C. The number of carbonyl (C=O) groups is 1. The fourth-order valence-electron chi connectivity index (χ4n) is 3.28. The summed E-state index contributed by atoms with van der Waals surface area (Å²) in [4.78, 5) is 17.7. The summed E-state index contributed by atoms with van der Waals surface area (Å²) < 4.78 is 30.5. The van der Waals surface area contributed by atoms with Crippen molar-refractivity contribution in [3.8, 4) is 0 Å². The molecule has 4 rings (SSSR count). The number of aryl methyl sites for hydroxylation is 1. The van der Waals surface area contributed by atoms with Crippen LogP contribution in [0.1, 0.15) is 35.7 Å². The molecule has 4 aromatic rings. The molecule has 1 heterocycles. The number of hydrogen-bond donors (Lipinski definition) is 1. The van der Waals surface area contributed by atoms with E-state index in [9.17, 15) is 13.2 Å². The maximum absolute atomic E-state index is 12.7. The molecule has 9 heteroatoms. The molecule has 1 N–H and O–H groups in total. The molecule has 0 aliphatic carbocycles. The van der Waals surface area contributed by atoms with Crippen LogP contribution in [0.2, 0.25) is 5.02 Å². The van der Waals surface area contributed by atoms with Crippen molar-refractivity contribution in [3.63, 3.8) is 0 Å². The third-order valence-corrected chi connectivity index (χ3v) is 7.95. The summed E-state index contributed by atoms with van der Waals surface area (Å²) in [5, 5.41) is 0.452. The van der Waals surface area contributed by atoms with Crippen molar-refractivity contribution in [2.24, 2.45) is 12.0 Å². The predicted molar refractivity (Wildman–Crippen MR) is 133 cm³/mol. The van der Waals surface area contributed by atoms with Crippen molar-refractivity contribution in [2.75, 3.05) is 4.72 Å². The first kappa shape index (κ1) is 23.2. The smallest absolute Gasteiger partial charge is 0.279 e. The number of nitrogens with one attached hydrogen (secondary N) is 1. The van der Waals surface area contributed by atoms with Gasteiger partial charge in [0.15, 0.2) is 4.80 Å². The quantitative estimate of drug-likeness (QED) is 0.390. The lowest BCUT2D eigenvalue weighted by molar-refractivity contribution is 0.0998. The molecule has 0 spiro atoms. The summed E-state index contributed by atoms with van der Waals surface area (Å²) in [5.74, 6) is 0.0211. The zero-order chi connectivity index (χ0) is 23.8. The van der Waals surface area contributed by atoms with Gasteiger partial charge in [-0.3, -0.25) is 9.52 Å². The van der Waals surface area contributed by atoms with E-state index in [1.165, 1.54) is 53.3 Å². The van der Waals surface area contributed by atoms with Crippen LogP contribution in [0.4, 0.5) is 5.69 Å². The van der Waals surface area contributed by atoms with E-state index in [4.69, 9.17) is 11.6 Å². The molecular weight excluding hydrogens is 478 g/mol. The Bertz CT molecular complexity index is 1500. The minimum atomic E-state index is -3.76. The number of hydrogen-bond acceptors (Lipinski definition) is 4. The van der Waals surface area contributed by atoms with Crippen molar-refractivity contribution < 1.29 is 13.2 Å². The zero-order valence-electron chi connectivity index (χ0n) is 18.2. The number of benzene rings is 3. The zero-order valence-corrected chi connectivity index (χ0v) is 20.6. The van der Waals surface area contributed by atoms with E-state index in [2.05, 4.69) is 35.7 Å². The molecule has 1 amide bonds. The van der Waals surface area contributed by atoms with Gasteiger partial charge in [0.2, 0.25) is 0 Å². The predicted octanol–water partition coefficient (Wildman–Crippen LogP) is 5.56. The van der Waals surface area contributed by atoms with E-state index in [-0.39, 0.29) is 4.90 Å². The number of fused-ring (bicyclic) bond motifs is 1. The number of sulfonamides is 1. The number of halogens is 1.